The Morgan fingerprint density at radius 3 is 2.85 bits per heavy atom. The van der Waals surface area contributed by atoms with Gasteiger partial charge >= 0.3 is 0 Å². The third-order valence-electron chi connectivity index (χ3n) is 3.01. The number of halogens is 2. The number of thioether (sulfide) groups is 1. The first-order chi connectivity index (χ1) is 9.68. The lowest BCUT2D eigenvalue weighted by Gasteiger charge is -2.24. The van der Waals surface area contributed by atoms with E-state index >= 15 is 0 Å². The van der Waals surface area contributed by atoms with E-state index in [0.717, 1.165) is 0 Å². The van der Waals surface area contributed by atoms with Crippen LogP contribution in [0, 0.1) is 5.82 Å². The summed E-state index contributed by atoms with van der Waals surface area (Å²) < 4.78 is 14.1. The van der Waals surface area contributed by atoms with Gasteiger partial charge in [0, 0.05) is 16.8 Å². The van der Waals surface area contributed by atoms with Gasteiger partial charge in [-0.1, -0.05) is 23.7 Å². The molecule has 0 unspecified atom stereocenters. The predicted octanol–water partition coefficient (Wildman–Crippen LogP) is 3.65. The molecule has 3 rings (SSSR count). The van der Waals surface area contributed by atoms with Crippen LogP contribution in [0.2, 0.25) is 5.02 Å². The number of hydrogen-bond donors (Lipinski definition) is 0. The van der Waals surface area contributed by atoms with Crippen molar-refractivity contribution < 1.29 is 9.18 Å². The van der Waals surface area contributed by atoms with Crippen molar-refractivity contribution in [1.82, 2.24) is 4.98 Å². The molecule has 1 aromatic heterocycles. The van der Waals surface area contributed by atoms with E-state index in [2.05, 4.69) is 4.98 Å². The van der Waals surface area contributed by atoms with Crippen LogP contribution in [0.25, 0.3) is 0 Å². The highest BCUT2D eigenvalue weighted by Gasteiger charge is 2.37. The van der Waals surface area contributed by atoms with Crippen LogP contribution in [-0.2, 0) is 4.79 Å². The highest BCUT2D eigenvalue weighted by Crippen LogP contribution is 2.44. The Bertz CT molecular complexity index is 633. The molecule has 1 aliphatic rings. The molecule has 1 saturated heterocycles. The van der Waals surface area contributed by atoms with Crippen molar-refractivity contribution in [2.24, 2.45) is 0 Å². The molecular formula is C14H10ClFN2OS. The molecule has 102 valence electrons. The second-order valence-electron chi connectivity index (χ2n) is 4.25. The Labute approximate surface area is 124 Å². The molecule has 0 aliphatic carbocycles. The lowest BCUT2D eigenvalue weighted by molar-refractivity contribution is -0.115. The summed E-state index contributed by atoms with van der Waals surface area (Å²) >= 11 is 7.45. The van der Waals surface area contributed by atoms with Crippen LogP contribution in [0.15, 0.2) is 42.6 Å². The Morgan fingerprint density at radius 1 is 1.30 bits per heavy atom. The van der Waals surface area contributed by atoms with E-state index in [1.807, 2.05) is 0 Å². The van der Waals surface area contributed by atoms with Crippen LogP contribution in [0.4, 0.5) is 10.2 Å². The summed E-state index contributed by atoms with van der Waals surface area (Å²) in [5.74, 6) is 0.279. The maximum Gasteiger partial charge on any atom is 0.239 e. The minimum Gasteiger partial charge on any atom is -0.279 e. The van der Waals surface area contributed by atoms with Crippen LogP contribution < -0.4 is 4.90 Å². The molecular weight excluding hydrogens is 299 g/mol. The number of benzene rings is 1. The van der Waals surface area contributed by atoms with E-state index in [0.29, 0.717) is 16.4 Å². The number of aromatic nitrogens is 1. The van der Waals surface area contributed by atoms with Crippen molar-refractivity contribution in [2.45, 2.75) is 5.37 Å². The lowest BCUT2D eigenvalue weighted by atomic mass is 10.2. The van der Waals surface area contributed by atoms with E-state index in [4.69, 9.17) is 11.6 Å². The Morgan fingerprint density at radius 2 is 2.15 bits per heavy atom. The Balaban J connectivity index is 2.07. The molecule has 0 bridgehead atoms. The normalized spacial score (nSPS) is 18.6. The van der Waals surface area contributed by atoms with E-state index in [9.17, 15) is 9.18 Å². The standard InChI is InChI=1S/C14H10ClFN2OS/c15-9-4-3-5-10(16)13(9)14-18(12(19)8-20-14)11-6-1-2-7-17-11/h1-7,14H,8H2/t14-/m0/s1. The van der Waals surface area contributed by atoms with Crippen molar-refractivity contribution in [3.05, 3.63) is 59.0 Å². The molecule has 1 atom stereocenters. The van der Waals surface area contributed by atoms with Gasteiger partial charge in [-0.3, -0.25) is 9.69 Å². The summed E-state index contributed by atoms with van der Waals surface area (Å²) in [7, 11) is 0. The summed E-state index contributed by atoms with van der Waals surface area (Å²) in [6.45, 7) is 0. The van der Waals surface area contributed by atoms with Gasteiger partial charge in [0.25, 0.3) is 0 Å². The molecule has 0 radical (unpaired) electrons. The largest absolute Gasteiger partial charge is 0.279 e. The van der Waals surface area contributed by atoms with Crippen molar-refractivity contribution in [2.75, 3.05) is 10.7 Å². The fraction of sp³-hybridized carbons (Fsp3) is 0.143. The maximum atomic E-state index is 14.1. The van der Waals surface area contributed by atoms with Crippen LogP contribution >= 0.6 is 23.4 Å². The Hall–Kier alpha value is -1.59. The average Bonchev–Trinajstić information content (AvgIpc) is 2.81. The van der Waals surface area contributed by atoms with Gasteiger partial charge in [-0.2, -0.15) is 0 Å². The summed E-state index contributed by atoms with van der Waals surface area (Å²) in [6, 6.07) is 9.81. The molecule has 1 aromatic carbocycles. The molecule has 2 heterocycles. The van der Waals surface area contributed by atoms with E-state index in [1.54, 1.807) is 36.5 Å². The number of rotatable bonds is 2. The topological polar surface area (TPSA) is 33.2 Å². The third kappa shape index (κ3) is 2.27. The van der Waals surface area contributed by atoms with Gasteiger partial charge in [0.15, 0.2) is 0 Å². The summed E-state index contributed by atoms with van der Waals surface area (Å²) in [4.78, 5) is 17.7. The number of nitrogens with zero attached hydrogens (tertiary/aromatic N) is 2. The van der Waals surface area contributed by atoms with E-state index < -0.39 is 11.2 Å². The second-order valence-corrected chi connectivity index (χ2v) is 5.73. The first-order valence-electron chi connectivity index (χ1n) is 5.97. The zero-order valence-electron chi connectivity index (χ0n) is 10.3. The van der Waals surface area contributed by atoms with Crippen molar-refractivity contribution in [3.8, 4) is 0 Å². The summed E-state index contributed by atoms with van der Waals surface area (Å²) in [5, 5.41) is -0.163. The zero-order chi connectivity index (χ0) is 14.1. The average molecular weight is 309 g/mol. The highest BCUT2D eigenvalue weighted by molar-refractivity contribution is 8.00. The molecule has 20 heavy (non-hydrogen) atoms. The van der Waals surface area contributed by atoms with Crippen molar-refractivity contribution in [3.63, 3.8) is 0 Å². The molecule has 2 aromatic rings. The summed E-state index contributed by atoms with van der Waals surface area (Å²) in [6.07, 6.45) is 1.60. The quantitative estimate of drug-likeness (QED) is 0.849. The fourth-order valence-corrected chi connectivity index (χ4v) is 3.68. The number of anilines is 1. The lowest BCUT2D eigenvalue weighted by Crippen LogP contribution is -2.29. The van der Waals surface area contributed by atoms with Gasteiger partial charge in [-0.05, 0) is 24.3 Å². The summed E-state index contributed by atoms with van der Waals surface area (Å²) in [5.41, 5.74) is 0.329. The monoisotopic (exact) mass is 308 g/mol. The first kappa shape index (κ1) is 13.4. The maximum absolute atomic E-state index is 14.1. The Kier molecular flexibility index (Phi) is 3.63. The molecule has 0 N–H and O–H groups in total. The fourth-order valence-electron chi connectivity index (χ4n) is 2.13. The minimum absolute atomic E-state index is 0.0991. The smallest absolute Gasteiger partial charge is 0.239 e. The first-order valence-corrected chi connectivity index (χ1v) is 7.40. The molecule has 3 nitrogen and oxygen atoms in total. The van der Waals surface area contributed by atoms with E-state index in [-0.39, 0.29) is 11.7 Å². The van der Waals surface area contributed by atoms with Gasteiger partial charge in [-0.15, -0.1) is 11.8 Å². The SMILES string of the molecule is O=C1CS[C@@H](c2c(F)cccc2Cl)N1c1ccccn1. The van der Waals surface area contributed by atoms with Gasteiger partial charge in [0.1, 0.15) is 17.0 Å². The van der Waals surface area contributed by atoms with Gasteiger partial charge < -0.3 is 0 Å². The number of carbonyl (C=O) groups excluding carboxylic acids is 1. The van der Waals surface area contributed by atoms with Gasteiger partial charge in [0.05, 0.1) is 5.75 Å². The predicted molar refractivity (Wildman–Crippen MR) is 78.3 cm³/mol. The zero-order valence-corrected chi connectivity index (χ0v) is 11.9. The number of carbonyl (C=O) groups is 1. The third-order valence-corrected chi connectivity index (χ3v) is 4.52. The molecule has 1 fully saturated rings. The molecule has 0 saturated carbocycles. The van der Waals surface area contributed by atoms with Gasteiger partial charge in [-0.25, -0.2) is 9.37 Å². The van der Waals surface area contributed by atoms with Crippen LogP contribution in [0.5, 0.6) is 0 Å². The number of pyridine rings is 1. The van der Waals surface area contributed by atoms with Crippen molar-refractivity contribution in [1.29, 1.82) is 0 Å². The van der Waals surface area contributed by atoms with Crippen LogP contribution in [0.3, 0.4) is 0 Å². The second kappa shape index (κ2) is 5.42. The minimum atomic E-state index is -0.480. The van der Waals surface area contributed by atoms with Crippen LogP contribution in [-0.4, -0.2) is 16.6 Å². The van der Waals surface area contributed by atoms with E-state index in [1.165, 1.54) is 22.7 Å². The number of amides is 1. The van der Waals surface area contributed by atoms with Crippen LogP contribution in [0.1, 0.15) is 10.9 Å². The molecule has 0 spiro atoms. The molecule has 1 aliphatic heterocycles. The van der Waals surface area contributed by atoms with Crippen molar-refractivity contribution >= 4 is 35.1 Å². The van der Waals surface area contributed by atoms with Gasteiger partial charge in [0.2, 0.25) is 5.91 Å². The highest BCUT2D eigenvalue weighted by atomic mass is 35.5. The molecule has 1 amide bonds. The molecule has 6 heteroatoms. The number of hydrogen-bond acceptors (Lipinski definition) is 3.